The second-order valence-corrected chi connectivity index (χ2v) is 3.74. The summed E-state index contributed by atoms with van der Waals surface area (Å²) in [7, 11) is 0. The average Bonchev–Trinajstić information content (AvgIpc) is 2.18. The van der Waals surface area contributed by atoms with Gasteiger partial charge in [-0.05, 0) is 29.5 Å². The molecule has 1 aromatic carbocycles. The normalized spacial score (nSPS) is 10.6. The molecular formula is C11H12O2S. The van der Waals surface area contributed by atoms with Gasteiger partial charge in [0.2, 0.25) is 0 Å². The average molecular weight is 208 g/mol. The van der Waals surface area contributed by atoms with E-state index in [9.17, 15) is 4.79 Å². The van der Waals surface area contributed by atoms with Gasteiger partial charge in [0.1, 0.15) is 0 Å². The molecule has 0 fully saturated rings. The molecule has 2 nitrogen and oxygen atoms in total. The summed E-state index contributed by atoms with van der Waals surface area (Å²) in [6.45, 7) is 2.10. The molecule has 0 aliphatic carbocycles. The van der Waals surface area contributed by atoms with Crippen molar-refractivity contribution in [1.82, 2.24) is 0 Å². The quantitative estimate of drug-likeness (QED) is 0.610. The van der Waals surface area contributed by atoms with Crippen LogP contribution in [0.2, 0.25) is 0 Å². The predicted molar refractivity (Wildman–Crippen MR) is 58.5 cm³/mol. The van der Waals surface area contributed by atoms with Gasteiger partial charge in [-0.3, -0.25) is 0 Å². The molecule has 0 atom stereocenters. The fourth-order valence-corrected chi connectivity index (χ4v) is 1.61. The van der Waals surface area contributed by atoms with Crippen molar-refractivity contribution >= 4 is 17.7 Å². The number of hydrogen-bond donors (Lipinski definition) is 1. The van der Waals surface area contributed by atoms with E-state index in [1.54, 1.807) is 5.41 Å². The minimum atomic E-state index is -0.914. The second kappa shape index (κ2) is 5.50. The molecule has 1 rings (SSSR count). The molecule has 0 saturated heterocycles. The number of rotatable bonds is 4. The van der Waals surface area contributed by atoms with Crippen LogP contribution in [0.15, 0.2) is 40.6 Å². The molecule has 0 aliphatic heterocycles. The van der Waals surface area contributed by atoms with Gasteiger partial charge in [-0.25, -0.2) is 4.79 Å². The van der Waals surface area contributed by atoms with Crippen LogP contribution in [0, 0.1) is 0 Å². The van der Waals surface area contributed by atoms with Crippen LogP contribution in [0.1, 0.15) is 12.5 Å². The highest BCUT2D eigenvalue weighted by Gasteiger charge is 1.92. The topological polar surface area (TPSA) is 37.3 Å². The van der Waals surface area contributed by atoms with Crippen molar-refractivity contribution in [3.8, 4) is 0 Å². The maximum absolute atomic E-state index is 10.2. The van der Waals surface area contributed by atoms with E-state index in [0.29, 0.717) is 0 Å². The Labute approximate surface area is 87.6 Å². The minimum Gasteiger partial charge on any atom is -0.478 e. The van der Waals surface area contributed by atoms with Gasteiger partial charge in [0, 0.05) is 11.0 Å². The van der Waals surface area contributed by atoms with E-state index in [1.165, 1.54) is 17.3 Å². The Morgan fingerprint density at radius 1 is 1.43 bits per heavy atom. The zero-order valence-corrected chi connectivity index (χ0v) is 8.75. The Morgan fingerprint density at radius 3 is 2.57 bits per heavy atom. The summed E-state index contributed by atoms with van der Waals surface area (Å²) in [5.74, 6) is -0.914. The predicted octanol–water partition coefficient (Wildman–Crippen LogP) is 2.94. The van der Waals surface area contributed by atoms with Crippen molar-refractivity contribution in [2.75, 3.05) is 0 Å². The van der Waals surface area contributed by atoms with E-state index in [-0.39, 0.29) is 0 Å². The van der Waals surface area contributed by atoms with E-state index in [0.717, 1.165) is 17.4 Å². The SMILES string of the molecule is CCc1ccc(S/C=C\C(=O)O)cc1. The van der Waals surface area contributed by atoms with Crippen LogP contribution in [-0.2, 0) is 11.2 Å². The van der Waals surface area contributed by atoms with E-state index >= 15 is 0 Å². The molecule has 0 aromatic heterocycles. The van der Waals surface area contributed by atoms with Crippen LogP contribution in [0.5, 0.6) is 0 Å². The van der Waals surface area contributed by atoms with E-state index in [2.05, 4.69) is 19.1 Å². The van der Waals surface area contributed by atoms with E-state index in [1.807, 2.05) is 12.1 Å². The summed E-state index contributed by atoms with van der Waals surface area (Å²) in [6, 6.07) is 8.10. The lowest BCUT2D eigenvalue weighted by molar-refractivity contribution is -0.131. The summed E-state index contributed by atoms with van der Waals surface area (Å²) in [4.78, 5) is 11.2. The maximum Gasteiger partial charge on any atom is 0.328 e. The lowest BCUT2D eigenvalue weighted by Gasteiger charge is -1.98. The van der Waals surface area contributed by atoms with Gasteiger partial charge < -0.3 is 5.11 Å². The Hall–Kier alpha value is -1.22. The molecule has 14 heavy (non-hydrogen) atoms. The van der Waals surface area contributed by atoms with Gasteiger partial charge >= 0.3 is 5.97 Å². The highest BCUT2D eigenvalue weighted by atomic mass is 32.2. The third-order valence-corrected chi connectivity index (χ3v) is 2.56. The van der Waals surface area contributed by atoms with Gasteiger partial charge in [-0.15, -0.1) is 0 Å². The summed E-state index contributed by atoms with van der Waals surface area (Å²) in [6.07, 6.45) is 2.16. The molecule has 1 N–H and O–H groups in total. The van der Waals surface area contributed by atoms with Crippen molar-refractivity contribution in [3.63, 3.8) is 0 Å². The van der Waals surface area contributed by atoms with Crippen LogP contribution in [0.4, 0.5) is 0 Å². The zero-order valence-electron chi connectivity index (χ0n) is 7.93. The van der Waals surface area contributed by atoms with Crippen molar-refractivity contribution in [1.29, 1.82) is 0 Å². The Morgan fingerprint density at radius 2 is 2.07 bits per heavy atom. The highest BCUT2D eigenvalue weighted by Crippen LogP contribution is 2.19. The number of aryl methyl sites for hydroxylation is 1. The van der Waals surface area contributed by atoms with Gasteiger partial charge in [-0.2, -0.15) is 0 Å². The van der Waals surface area contributed by atoms with Crippen LogP contribution in [0.3, 0.4) is 0 Å². The fraction of sp³-hybridized carbons (Fsp3) is 0.182. The Balaban J connectivity index is 2.56. The molecule has 0 amide bonds. The molecular weight excluding hydrogens is 196 g/mol. The molecule has 0 saturated carbocycles. The second-order valence-electron chi connectivity index (χ2n) is 2.76. The van der Waals surface area contributed by atoms with Crippen molar-refractivity contribution in [3.05, 3.63) is 41.3 Å². The third kappa shape index (κ3) is 3.66. The van der Waals surface area contributed by atoms with Crippen LogP contribution >= 0.6 is 11.8 Å². The minimum absolute atomic E-state index is 0.914. The molecule has 0 heterocycles. The van der Waals surface area contributed by atoms with E-state index < -0.39 is 5.97 Å². The Kier molecular flexibility index (Phi) is 4.26. The number of thioether (sulfide) groups is 1. The summed E-state index contributed by atoms with van der Waals surface area (Å²) >= 11 is 1.41. The lowest BCUT2D eigenvalue weighted by atomic mass is 10.2. The molecule has 1 aromatic rings. The molecule has 3 heteroatoms. The van der Waals surface area contributed by atoms with Gasteiger partial charge in [0.25, 0.3) is 0 Å². The number of aliphatic carboxylic acids is 1. The van der Waals surface area contributed by atoms with Gasteiger partial charge in [0.05, 0.1) is 0 Å². The van der Waals surface area contributed by atoms with Crippen molar-refractivity contribution in [2.24, 2.45) is 0 Å². The number of hydrogen-bond acceptors (Lipinski definition) is 2. The summed E-state index contributed by atoms with van der Waals surface area (Å²) < 4.78 is 0. The fourth-order valence-electron chi connectivity index (χ4n) is 0.975. The Bertz CT molecular complexity index is 328. The number of carboxylic acid groups (broad SMARTS) is 1. The lowest BCUT2D eigenvalue weighted by Crippen LogP contribution is -1.84. The van der Waals surface area contributed by atoms with Crippen LogP contribution in [0.25, 0.3) is 0 Å². The number of benzene rings is 1. The summed E-state index contributed by atoms with van der Waals surface area (Å²) in [5, 5.41) is 9.95. The molecule has 0 aliphatic rings. The largest absolute Gasteiger partial charge is 0.478 e. The zero-order chi connectivity index (χ0) is 10.4. The van der Waals surface area contributed by atoms with Gasteiger partial charge in [0.15, 0.2) is 0 Å². The first-order valence-electron chi connectivity index (χ1n) is 4.37. The molecule has 0 radical (unpaired) electrons. The smallest absolute Gasteiger partial charge is 0.328 e. The van der Waals surface area contributed by atoms with E-state index in [4.69, 9.17) is 5.11 Å². The summed E-state index contributed by atoms with van der Waals surface area (Å²) in [5.41, 5.74) is 1.29. The highest BCUT2D eigenvalue weighted by molar-refractivity contribution is 8.02. The maximum atomic E-state index is 10.2. The third-order valence-electron chi connectivity index (χ3n) is 1.75. The standard InChI is InChI=1S/C11H12O2S/c1-2-9-3-5-10(6-4-9)14-8-7-11(12)13/h3-8H,2H2,1H3,(H,12,13)/b8-7-. The monoisotopic (exact) mass is 208 g/mol. The first-order chi connectivity index (χ1) is 6.72. The van der Waals surface area contributed by atoms with Crippen LogP contribution in [-0.4, -0.2) is 11.1 Å². The molecule has 0 spiro atoms. The van der Waals surface area contributed by atoms with Crippen LogP contribution < -0.4 is 0 Å². The number of carboxylic acids is 1. The molecule has 0 unspecified atom stereocenters. The van der Waals surface area contributed by atoms with Crippen molar-refractivity contribution < 1.29 is 9.90 Å². The van der Waals surface area contributed by atoms with Gasteiger partial charge in [-0.1, -0.05) is 30.8 Å². The number of carbonyl (C=O) groups is 1. The first-order valence-corrected chi connectivity index (χ1v) is 5.25. The first kappa shape index (κ1) is 10.9. The molecule has 74 valence electrons. The van der Waals surface area contributed by atoms with Crippen molar-refractivity contribution in [2.45, 2.75) is 18.2 Å². The molecule has 0 bridgehead atoms.